The van der Waals surface area contributed by atoms with E-state index < -0.39 is 35.8 Å². The molecule has 0 unspecified atom stereocenters. The fraction of sp³-hybridized carbons (Fsp3) is 0.167. The maximum Gasteiger partial charge on any atom is 0.472 e. The number of hydrogen-bond acceptors (Lipinski definition) is 6. The summed E-state index contributed by atoms with van der Waals surface area (Å²) in [5.41, 5.74) is 6.43. The Hall–Kier alpha value is -3.32. The minimum Gasteiger partial charge on any atom is -0.278 e. The van der Waals surface area contributed by atoms with Gasteiger partial charge >= 0.3 is 24.2 Å². The van der Waals surface area contributed by atoms with E-state index >= 15 is 0 Å². The summed E-state index contributed by atoms with van der Waals surface area (Å²) < 4.78 is 73.2. The Balaban J connectivity index is 2.27. The predicted molar refractivity (Wildman–Crippen MR) is 75.2 cm³/mol. The fourth-order valence-electron chi connectivity index (χ4n) is 1.55. The van der Waals surface area contributed by atoms with E-state index in [9.17, 15) is 35.9 Å². The van der Waals surface area contributed by atoms with Crippen molar-refractivity contribution >= 4 is 34.5 Å². The first-order chi connectivity index (χ1) is 12.0. The lowest BCUT2D eigenvalue weighted by Gasteiger charge is -2.15. The van der Waals surface area contributed by atoms with Crippen molar-refractivity contribution in [2.75, 3.05) is 10.9 Å². The summed E-state index contributed by atoms with van der Waals surface area (Å²) in [5, 5.41) is 0. The summed E-state index contributed by atoms with van der Waals surface area (Å²) in [6.45, 7) is 0. The van der Waals surface area contributed by atoms with Crippen LogP contribution >= 0.6 is 0 Å². The highest BCUT2D eigenvalue weighted by Gasteiger charge is 2.40. The number of amides is 2. The topological polar surface area (TPSA) is 108 Å². The normalized spacial score (nSPS) is 11.8. The molecule has 2 amide bonds. The van der Waals surface area contributed by atoms with Gasteiger partial charge in [-0.05, 0) is 12.1 Å². The van der Waals surface area contributed by atoms with Gasteiger partial charge < -0.3 is 0 Å². The molecule has 2 rings (SSSR count). The third-order valence-electron chi connectivity index (χ3n) is 2.67. The summed E-state index contributed by atoms with van der Waals surface area (Å²) in [6.07, 6.45) is -10.4. The molecule has 140 valence electrons. The van der Waals surface area contributed by atoms with E-state index in [2.05, 4.69) is 9.97 Å². The van der Waals surface area contributed by atoms with Crippen LogP contribution in [0.1, 0.15) is 0 Å². The van der Waals surface area contributed by atoms with Crippen LogP contribution in [-0.2, 0) is 9.59 Å². The van der Waals surface area contributed by atoms with Gasteiger partial charge in [0.15, 0.2) is 11.6 Å². The number of carbonyl (C=O) groups excluding carboxylic acids is 2. The lowest BCUT2D eigenvalue weighted by molar-refractivity contribution is -0.173. The molecule has 0 aliphatic rings. The van der Waals surface area contributed by atoms with Crippen molar-refractivity contribution in [3.05, 3.63) is 24.3 Å². The summed E-state index contributed by atoms with van der Waals surface area (Å²) in [5.74, 6) is -5.89. The van der Waals surface area contributed by atoms with Gasteiger partial charge in [0.25, 0.3) is 0 Å². The van der Waals surface area contributed by atoms with Crippen molar-refractivity contribution < 1.29 is 35.9 Å². The molecule has 0 fully saturated rings. The molecule has 14 heteroatoms. The van der Waals surface area contributed by atoms with E-state index in [1.165, 1.54) is 35.1 Å². The van der Waals surface area contributed by atoms with Gasteiger partial charge in [-0.25, -0.2) is 9.97 Å². The average Bonchev–Trinajstić information content (AvgIpc) is 2.55. The Morgan fingerprint density at radius 2 is 1.08 bits per heavy atom. The number of halogens is 6. The van der Waals surface area contributed by atoms with Crippen molar-refractivity contribution in [2.24, 2.45) is 0 Å². The second-order valence-electron chi connectivity index (χ2n) is 4.56. The number of hydrogen-bond donors (Lipinski definition) is 4. The molecular formula is C12H8F6N6O2. The number of benzene rings is 1. The Morgan fingerprint density at radius 1 is 0.731 bits per heavy atom. The molecule has 0 radical (unpaired) electrons. The standard InChI is InChI=1S/C12H8F6N6O2/c13-11(14,15)9(25)23-21-7-8(22-24-10(26)12(16,17)18)20-6-4-2-1-3-5(6)19-7/h1-4H,(H,19,21)(H,20,22)(H,23,25)(H,24,26). The highest BCUT2D eigenvalue weighted by molar-refractivity contribution is 5.86. The monoisotopic (exact) mass is 382 g/mol. The van der Waals surface area contributed by atoms with Gasteiger partial charge in [-0.2, -0.15) is 26.3 Å². The van der Waals surface area contributed by atoms with E-state index in [-0.39, 0.29) is 11.0 Å². The quantitative estimate of drug-likeness (QED) is 0.473. The lowest BCUT2D eigenvalue weighted by Crippen LogP contribution is -2.42. The molecule has 1 aromatic carbocycles. The number of anilines is 2. The van der Waals surface area contributed by atoms with Crippen LogP contribution in [0.3, 0.4) is 0 Å². The molecule has 0 saturated carbocycles. The smallest absolute Gasteiger partial charge is 0.278 e. The zero-order valence-electron chi connectivity index (χ0n) is 12.3. The van der Waals surface area contributed by atoms with Crippen LogP contribution in [0, 0.1) is 0 Å². The number of nitrogens with zero attached hydrogens (tertiary/aromatic N) is 2. The van der Waals surface area contributed by atoms with Gasteiger partial charge in [0.1, 0.15) is 0 Å². The van der Waals surface area contributed by atoms with Crippen molar-refractivity contribution in [2.45, 2.75) is 12.4 Å². The number of carbonyl (C=O) groups is 2. The molecule has 8 nitrogen and oxygen atoms in total. The minimum atomic E-state index is -5.21. The first kappa shape index (κ1) is 19.0. The molecule has 1 aromatic heterocycles. The molecular weight excluding hydrogens is 374 g/mol. The van der Waals surface area contributed by atoms with Crippen LogP contribution in [-0.4, -0.2) is 34.1 Å². The molecule has 0 aliphatic carbocycles. The molecule has 2 aromatic rings. The molecule has 0 spiro atoms. The van der Waals surface area contributed by atoms with E-state index in [0.29, 0.717) is 0 Å². The maximum absolute atomic E-state index is 12.2. The third-order valence-corrected chi connectivity index (χ3v) is 2.67. The maximum atomic E-state index is 12.2. The summed E-state index contributed by atoms with van der Waals surface area (Å²) >= 11 is 0. The average molecular weight is 382 g/mol. The number of aromatic nitrogens is 2. The van der Waals surface area contributed by atoms with Gasteiger partial charge in [-0.3, -0.25) is 31.3 Å². The van der Waals surface area contributed by atoms with Gasteiger partial charge in [0.05, 0.1) is 11.0 Å². The third kappa shape index (κ3) is 4.61. The first-order valence-electron chi connectivity index (χ1n) is 6.51. The fourth-order valence-corrected chi connectivity index (χ4v) is 1.55. The van der Waals surface area contributed by atoms with Crippen LogP contribution in [0.4, 0.5) is 38.0 Å². The van der Waals surface area contributed by atoms with Crippen LogP contribution in [0.25, 0.3) is 11.0 Å². The summed E-state index contributed by atoms with van der Waals surface area (Å²) in [6, 6.07) is 5.87. The number of alkyl halides is 6. The zero-order valence-corrected chi connectivity index (χ0v) is 12.3. The van der Waals surface area contributed by atoms with Crippen LogP contribution < -0.4 is 21.7 Å². The first-order valence-corrected chi connectivity index (χ1v) is 6.51. The zero-order chi connectivity index (χ0) is 19.5. The molecule has 0 saturated heterocycles. The molecule has 0 aliphatic heterocycles. The van der Waals surface area contributed by atoms with Gasteiger partial charge in [-0.1, -0.05) is 12.1 Å². The van der Waals surface area contributed by atoms with Crippen molar-refractivity contribution in [3.63, 3.8) is 0 Å². The van der Waals surface area contributed by atoms with Crippen molar-refractivity contribution in [1.82, 2.24) is 20.8 Å². The molecule has 1 heterocycles. The number of hydrazine groups is 2. The van der Waals surface area contributed by atoms with Crippen molar-refractivity contribution in [3.8, 4) is 0 Å². The van der Waals surface area contributed by atoms with E-state index in [1.807, 2.05) is 0 Å². The van der Waals surface area contributed by atoms with E-state index in [4.69, 9.17) is 0 Å². The summed E-state index contributed by atoms with van der Waals surface area (Å²) in [7, 11) is 0. The van der Waals surface area contributed by atoms with Gasteiger partial charge in [-0.15, -0.1) is 0 Å². The van der Waals surface area contributed by atoms with Gasteiger partial charge in [0.2, 0.25) is 0 Å². The Bertz CT molecular complexity index is 769. The van der Waals surface area contributed by atoms with E-state index in [1.54, 1.807) is 10.9 Å². The molecule has 26 heavy (non-hydrogen) atoms. The Kier molecular flexibility index (Phi) is 5.04. The van der Waals surface area contributed by atoms with Crippen LogP contribution in [0.15, 0.2) is 24.3 Å². The Labute approximate surface area is 139 Å². The molecule has 4 N–H and O–H groups in total. The number of nitrogens with one attached hydrogen (secondary N) is 4. The molecule has 0 atom stereocenters. The lowest BCUT2D eigenvalue weighted by atomic mass is 10.3. The van der Waals surface area contributed by atoms with Crippen LogP contribution in [0.2, 0.25) is 0 Å². The minimum absolute atomic E-state index is 0.156. The number of rotatable bonds is 4. The number of para-hydroxylation sites is 2. The highest BCUT2D eigenvalue weighted by Crippen LogP contribution is 2.21. The highest BCUT2D eigenvalue weighted by atomic mass is 19.4. The van der Waals surface area contributed by atoms with Crippen LogP contribution in [0.5, 0.6) is 0 Å². The van der Waals surface area contributed by atoms with Gasteiger partial charge in [0, 0.05) is 0 Å². The SMILES string of the molecule is O=C(NNc1nc2ccccc2nc1NNC(=O)C(F)(F)F)C(F)(F)F. The van der Waals surface area contributed by atoms with E-state index in [0.717, 1.165) is 0 Å². The van der Waals surface area contributed by atoms with Crippen molar-refractivity contribution in [1.29, 1.82) is 0 Å². The summed E-state index contributed by atoms with van der Waals surface area (Å²) in [4.78, 5) is 29.3. The predicted octanol–water partition coefficient (Wildman–Crippen LogP) is 1.64. The second kappa shape index (κ2) is 6.89. The second-order valence-corrected chi connectivity index (χ2v) is 4.56. The Morgan fingerprint density at radius 3 is 1.38 bits per heavy atom. The largest absolute Gasteiger partial charge is 0.472 e. The number of fused-ring (bicyclic) bond motifs is 1. The molecule has 0 bridgehead atoms.